The quantitative estimate of drug-likeness (QED) is 0.368. The lowest BCUT2D eigenvalue weighted by atomic mass is 9.97. The standard InChI is InChI=1S/C9H13N3O3/c1-9(14,5-2-3-5)7-4-6(12-15-7)8(13)11-10/h4-5,14H,2-3,10H2,1H3,(H,11,13)/t9-/m1/s1. The molecule has 82 valence electrons. The van der Waals surface area contributed by atoms with E-state index in [0.717, 1.165) is 12.8 Å². The van der Waals surface area contributed by atoms with E-state index in [1.165, 1.54) is 6.07 Å². The topological polar surface area (TPSA) is 101 Å². The Balaban J connectivity index is 2.22. The number of aliphatic hydroxyl groups is 1. The lowest BCUT2D eigenvalue weighted by molar-refractivity contribution is 0.00595. The highest BCUT2D eigenvalue weighted by Gasteiger charge is 2.44. The first kappa shape index (κ1) is 10.1. The maximum atomic E-state index is 11.1. The second-order valence-corrected chi connectivity index (χ2v) is 3.97. The normalized spacial score (nSPS) is 19.7. The summed E-state index contributed by atoms with van der Waals surface area (Å²) in [7, 11) is 0. The number of carbonyl (C=O) groups excluding carboxylic acids is 1. The molecule has 6 nitrogen and oxygen atoms in total. The van der Waals surface area contributed by atoms with Crippen molar-refractivity contribution in [3.63, 3.8) is 0 Å². The molecule has 1 heterocycles. The van der Waals surface area contributed by atoms with E-state index in [1.54, 1.807) is 6.92 Å². The van der Waals surface area contributed by atoms with E-state index >= 15 is 0 Å². The molecule has 0 unspecified atom stereocenters. The molecule has 0 spiro atoms. The summed E-state index contributed by atoms with van der Waals surface area (Å²) in [5.41, 5.74) is 0.984. The van der Waals surface area contributed by atoms with Crippen molar-refractivity contribution in [2.24, 2.45) is 11.8 Å². The largest absolute Gasteiger partial charge is 0.382 e. The summed E-state index contributed by atoms with van der Waals surface area (Å²) in [6.45, 7) is 1.66. The summed E-state index contributed by atoms with van der Waals surface area (Å²) in [4.78, 5) is 11.1. The second-order valence-electron chi connectivity index (χ2n) is 3.97. The van der Waals surface area contributed by atoms with Crippen molar-refractivity contribution in [1.82, 2.24) is 10.6 Å². The molecule has 1 fully saturated rings. The van der Waals surface area contributed by atoms with Gasteiger partial charge in [-0.3, -0.25) is 10.2 Å². The van der Waals surface area contributed by atoms with E-state index in [9.17, 15) is 9.90 Å². The summed E-state index contributed by atoms with van der Waals surface area (Å²) >= 11 is 0. The van der Waals surface area contributed by atoms with Crippen molar-refractivity contribution in [3.05, 3.63) is 17.5 Å². The lowest BCUT2D eigenvalue weighted by Gasteiger charge is -2.18. The molecule has 0 bridgehead atoms. The second kappa shape index (κ2) is 3.32. The molecule has 1 saturated carbocycles. The Morgan fingerprint density at radius 3 is 3.00 bits per heavy atom. The molecule has 15 heavy (non-hydrogen) atoms. The summed E-state index contributed by atoms with van der Waals surface area (Å²) in [5.74, 6) is 4.92. The zero-order chi connectivity index (χ0) is 11.1. The molecule has 6 heteroatoms. The van der Waals surface area contributed by atoms with Crippen molar-refractivity contribution < 1.29 is 14.4 Å². The van der Waals surface area contributed by atoms with Gasteiger partial charge in [0.15, 0.2) is 11.5 Å². The Hall–Kier alpha value is -1.40. The van der Waals surface area contributed by atoms with Crippen LogP contribution in [0.2, 0.25) is 0 Å². The number of amides is 1. The van der Waals surface area contributed by atoms with Crippen molar-refractivity contribution in [2.45, 2.75) is 25.4 Å². The monoisotopic (exact) mass is 211 g/mol. The summed E-state index contributed by atoms with van der Waals surface area (Å²) < 4.78 is 4.94. The molecule has 1 aliphatic carbocycles. The molecule has 1 amide bonds. The van der Waals surface area contributed by atoms with Crippen LogP contribution in [0, 0.1) is 5.92 Å². The highest BCUT2D eigenvalue weighted by Crippen LogP contribution is 2.45. The van der Waals surface area contributed by atoms with Crippen LogP contribution in [-0.2, 0) is 5.60 Å². The molecule has 1 aliphatic rings. The third kappa shape index (κ3) is 1.73. The number of nitrogens with zero attached hydrogens (tertiary/aromatic N) is 1. The number of nitrogens with one attached hydrogen (secondary N) is 1. The van der Waals surface area contributed by atoms with E-state index in [1.807, 2.05) is 5.43 Å². The fourth-order valence-electron chi connectivity index (χ4n) is 1.54. The van der Waals surface area contributed by atoms with Crippen LogP contribution < -0.4 is 11.3 Å². The molecule has 1 atom stereocenters. The van der Waals surface area contributed by atoms with Crippen LogP contribution in [-0.4, -0.2) is 16.2 Å². The Bertz CT molecular complexity index is 382. The van der Waals surface area contributed by atoms with E-state index in [0.29, 0.717) is 5.76 Å². The molecule has 0 aromatic carbocycles. The lowest BCUT2D eigenvalue weighted by Crippen LogP contribution is -2.30. The average molecular weight is 211 g/mol. The van der Waals surface area contributed by atoms with Crippen molar-refractivity contribution in [1.29, 1.82) is 0 Å². The van der Waals surface area contributed by atoms with Gasteiger partial charge in [0.1, 0.15) is 5.60 Å². The van der Waals surface area contributed by atoms with Gasteiger partial charge in [0, 0.05) is 6.07 Å². The number of nitrogen functional groups attached to an aromatic ring is 1. The zero-order valence-electron chi connectivity index (χ0n) is 8.36. The van der Waals surface area contributed by atoms with Crippen LogP contribution in [0.3, 0.4) is 0 Å². The van der Waals surface area contributed by atoms with Gasteiger partial charge in [-0.2, -0.15) is 0 Å². The first-order valence-corrected chi connectivity index (χ1v) is 4.76. The fourth-order valence-corrected chi connectivity index (χ4v) is 1.54. The minimum Gasteiger partial charge on any atom is -0.382 e. The number of hydrazine groups is 1. The molecule has 0 radical (unpaired) electrons. The summed E-state index contributed by atoms with van der Waals surface area (Å²) in [6.07, 6.45) is 1.93. The highest BCUT2D eigenvalue weighted by molar-refractivity contribution is 5.91. The van der Waals surface area contributed by atoms with Crippen LogP contribution in [0.5, 0.6) is 0 Å². The highest BCUT2D eigenvalue weighted by atomic mass is 16.5. The van der Waals surface area contributed by atoms with E-state index in [4.69, 9.17) is 10.4 Å². The van der Waals surface area contributed by atoms with Gasteiger partial charge in [0.25, 0.3) is 5.91 Å². The predicted molar refractivity (Wildman–Crippen MR) is 50.5 cm³/mol. The molecule has 4 N–H and O–H groups in total. The SMILES string of the molecule is C[C@](O)(c1cc(C(=O)NN)no1)C1CC1. The maximum absolute atomic E-state index is 11.1. The molecule has 0 saturated heterocycles. The molecule has 1 aromatic rings. The Morgan fingerprint density at radius 1 is 1.80 bits per heavy atom. The van der Waals surface area contributed by atoms with Gasteiger partial charge < -0.3 is 9.63 Å². The van der Waals surface area contributed by atoms with E-state index in [2.05, 4.69) is 5.16 Å². The zero-order valence-corrected chi connectivity index (χ0v) is 8.36. The molecular formula is C9H13N3O3. The van der Waals surface area contributed by atoms with Gasteiger partial charge in [-0.25, -0.2) is 5.84 Å². The first-order valence-electron chi connectivity index (χ1n) is 4.76. The maximum Gasteiger partial charge on any atom is 0.287 e. The van der Waals surface area contributed by atoms with Crippen LogP contribution in [0.25, 0.3) is 0 Å². The van der Waals surface area contributed by atoms with Crippen molar-refractivity contribution >= 4 is 5.91 Å². The van der Waals surface area contributed by atoms with Gasteiger partial charge in [0.05, 0.1) is 0 Å². The number of hydrogen-bond acceptors (Lipinski definition) is 5. The third-order valence-corrected chi connectivity index (χ3v) is 2.75. The van der Waals surface area contributed by atoms with Crippen LogP contribution >= 0.6 is 0 Å². The summed E-state index contributed by atoms with van der Waals surface area (Å²) in [5, 5.41) is 13.6. The number of aromatic nitrogens is 1. The Labute approximate surface area is 86.4 Å². The van der Waals surface area contributed by atoms with Gasteiger partial charge in [-0.1, -0.05) is 5.16 Å². The number of nitrogens with two attached hydrogens (primary N) is 1. The van der Waals surface area contributed by atoms with Crippen LogP contribution in [0.1, 0.15) is 36.0 Å². The molecule has 1 aromatic heterocycles. The number of rotatable bonds is 3. The van der Waals surface area contributed by atoms with E-state index < -0.39 is 11.5 Å². The minimum atomic E-state index is -1.04. The van der Waals surface area contributed by atoms with Gasteiger partial charge in [-0.05, 0) is 25.7 Å². The van der Waals surface area contributed by atoms with Crippen molar-refractivity contribution in [2.75, 3.05) is 0 Å². The Kier molecular flexibility index (Phi) is 2.24. The average Bonchev–Trinajstić information content (AvgIpc) is 2.95. The first-order chi connectivity index (χ1) is 7.05. The van der Waals surface area contributed by atoms with Crippen LogP contribution in [0.15, 0.2) is 10.6 Å². The molecule has 2 rings (SSSR count). The van der Waals surface area contributed by atoms with Crippen molar-refractivity contribution in [3.8, 4) is 0 Å². The minimum absolute atomic E-state index is 0.0772. The number of hydrogen-bond donors (Lipinski definition) is 3. The fraction of sp³-hybridized carbons (Fsp3) is 0.556. The third-order valence-electron chi connectivity index (χ3n) is 2.75. The predicted octanol–water partition coefficient (Wildman–Crippen LogP) is -0.104. The van der Waals surface area contributed by atoms with E-state index in [-0.39, 0.29) is 11.6 Å². The van der Waals surface area contributed by atoms with Gasteiger partial charge in [-0.15, -0.1) is 0 Å². The van der Waals surface area contributed by atoms with Gasteiger partial charge in [0.2, 0.25) is 0 Å². The summed E-state index contributed by atoms with van der Waals surface area (Å²) in [6, 6.07) is 1.42. The Morgan fingerprint density at radius 2 is 2.47 bits per heavy atom. The molecular weight excluding hydrogens is 198 g/mol. The smallest absolute Gasteiger partial charge is 0.287 e. The number of carbonyl (C=O) groups is 1. The van der Waals surface area contributed by atoms with Gasteiger partial charge >= 0.3 is 0 Å². The van der Waals surface area contributed by atoms with Crippen LogP contribution in [0.4, 0.5) is 0 Å². The molecule has 0 aliphatic heterocycles.